The Morgan fingerprint density at radius 3 is 2.68 bits per heavy atom. The van der Waals surface area contributed by atoms with Gasteiger partial charge in [0.2, 0.25) is 5.91 Å². The van der Waals surface area contributed by atoms with E-state index in [-0.39, 0.29) is 12.5 Å². The zero-order valence-electron chi connectivity index (χ0n) is 10.3. The lowest BCUT2D eigenvalue weighted by atomic mass is 10.2. The largest absolute Gasteiger partial charge is 0.480 e. The van der Waals surface area contributed by atoms with E-state index in [0.29, 0.717) is 18.7 Å². The van der Waals surface area contributed by atoms with Crippen LogP contribution >= 0.6 is 15.9 Å². The molecule has 1 heterocycles. The number of carboxylic acids is 1. The normalized spacial score (nSPS) is 19.3. The summed E-state index contributed by atoms with van der Waals surface area (Å²) < 4.78 is 0.941. The molecule has 0 aliphatic carbocycles. The molecule has 2 N–H and O–H groups in total. The number of anilines is 1. The van der Waals surface area contributed by atoms with E-state index in [2.05, 4.69) is 21.2 Å². The zero-order valence-corrected chi connectivity index (χ0v) is 11.9. The standard InChI is InChI=1S/C13H15BrN2O3/c14-9-3-5-10(6-4-9)15-12(17)8-16-7-1-2-11(16)13(18)19/h3-6,11H,1-2,7-8H2,(H,15,17)(H,18,19). The number of likely N-dealkylation sites (tertiary alicyclic amines) is 1. The van der Waals surface area contributed by atoms with Gasteiger partial charge in [-0.15, -0.1) is 0 Å². The van der Waals surface area contributed by atoms with Crippen LogP contribution < -0.4 is 5.32 Å². The van der Waals surface area contributed by atoms with E-state index in [1.165, 1.54) is 0 Å². The summed E-state index contributed by atoms with van der Waals surface area (Å²) in [6.45, 7) is 0.776. The fourth-order valence-corrected chi connectivity index (χ4v) is 2.48. The topological polar surface area (TPSA) is 69.6 Å². The van der Waals surface area contributed by atoms with Gasteiger partial charge in [-0.2, -0.15) is 0 Å². The quantitative estimate of drug-likeness (QED) is 0.887. The van der Waals surface area contributed by atoms with Gasteiger partial charge in [-0.25, -0.2) is 0 Å². The number of hydrogen-bond donors (Lipinski definition) is 2. The highest BCUT2D eigenvalue weighted by Crippen LogP contribution is 2.18. The molecule has 0 saturated carbocycles. The summed E-state index contributed by atoms with van der Waals surface area (Å²) >= 11 is 3.32. The van der Waals surface area contributed by atoms with Gasteiger partial charge in [-0.05, 0) is 43.7 Å². The van der Waals surface area contributed by atoms with Crippen LogP contribution in [0.5, 0.6) is 0 Å². The summed E-state index contributed by atoms with van der Waals surface area (Å²) in [4.78, 5) is 24.6. The molecule has 2 rings (SSSR count). The van der Waals surface area contributed by atoms with E-state index in [9.17, 15) is 9.59 Å². The van der Waals surface area contributed by atoms with Gasteiger partial charge in [0, 0.05) is 10.2 Å². The van der Waals surface area contributed by atoms with Crippen LogP contribution in [0.1, 0.15) is 12.8 Å². The van der Waals surface area contributed by atoms with Crippen LogP contribution in [0, 0.1) is 0 Å². The molecule has 1 amide bonds. The second-order valence-corrected chi connectivity index (χ2v) is 5.44. The maximum absolute atomic E-state index is 11.9. The molecule has 19 heavy (non-hydrogen) atoms. The maximum atomic E-state index is 11.9. The number of carboxylic acid groups (broad SMARTS) is 1. The van der Waals surface area contributed by atoms with E-state index in [4.69, 9.17) is 5.11 Å². The van der Waals surface area contributed by atoms with Crippen LogP contribution in [0.3, 0.4) is 0 Å². The first kappa shape index (κ1) is 14.0. The summed E-state index contributed by atoms with van der Waals surface area (Å²) in [7, 11) is 0. The van der Waals surface area contributed by atoms with Crippen LogP contribution in [0.4, 0.5) is 5.69 Å². The van der Waals surface area contributed by atoms with Crippen molar-refractivity contribution in [2.24, 2.45) is 0 Å². The van der Waals surface area contributed by atoms with E-state index in [1.54, 1.807) is 17.0 Å². The number of nitrogens with one attached hydrogen (secondary N) is 1. The number of carbonyl (C=O) groups is 2. The molecule has 0 spiro atoms. The van der Waals surface area contributed by atoms with Gasteiger partial charge in [-0.1, -0.05) is 15.9 Å². The lowest BCUT2D eigenvalue weighted by Crippen LogP contribution is -2.40. The minimum absolute atomic E-state index is 0.118. The molecule has 1 aliphatic heterocycles. The predicted octanol–water partition coefficient (Wildman–Crippen LogP) is 1.94. The minimum atomic E-state index is -0.853. The summed E-state index contributed by atoms with van der Waals surface area (Å²) in [5.41, 5.74) is 0.708. The van der Waals surface area contributed by atoms with Crippen molar-refractivity contribution >= 4 is 33.5 Å². The number of aliphatic carboxylic acids is 1. The molecule has 1 aliphatic rings. The molecule has 1 fully saturated rings. The first-order valence-electron chi connectivity index (χ1n) is 6.08. The Labute approximate surface area is 119 Å². The van der Waals surface area contributed by atoms with Crippen LogP contribution in [0.15, 0.2) is 28.7 Å². The van der Waals surface area contributed by atoms with Gasteiger partial charge in [0.05, 0.1) is 6.54 Å². The summed E-state index contributed by atoms with van der Waals surface area (Å²) in [6.07, 6.45) is 1.43. The van der Waals surface area contributed by atoms with Crippen molar-refractivity contribution in [2.75, 3.05) is 18.4 Å². The van der Waals surface area contributed by atoms with Crippen LogP contribution in [0.25, 0.3) is 0 Å². The third kappa shape index (κ3) is 3.78. The molecule has 1 aromatic rings. The fraction of sp³-hybridized carbons (Fsp3) is 0.385. The third-order valence-corrected chi connectivity index (χ3v) is 3.65. The highest BCUT2D eigenvalue weighted by Gasteiger charge is 2.31. The number of carbonyl (C=O) groups excluding carboxylic acids is 1. The minimum Gasteiger partial charge on any atom is -0.480 e. The predicted molar refractivity (Wildman–Crippen MR) is 75.0 cm³/mol. The van der Waals surface area contributed by atoms with Crippen molar-refractivity contribution < 1.29 is 14.7 Å². The molecule has 5 nitrogen and oxygen atoms in total. The summed E-state index contributed by atoms with van der Waals surface area (Å²) in [5.74, 6) is -1.04. The van der Waals surface area contributed by atoms with Crippen molar-refractivity contribution in [3.05, 3.63) is 28.7 Å². The Balaban J connectivity index is 1.90. The molecule has 0 bridgehead atoms. The number of hydrogen-bond acceptors (Lipinski definition) is 3. The number of rotatable bonds is 4. The Hall–Kier alpha value is -1.40. The van der Waals surface area contributed by atoms with Gasteiger partial charge in [-0.3, -0.25) is 14.5 Å². The van der Waals surface area contributed by atoms with Crippen molar-refractivity contribution in [1.29, 1.82) is 0 Å². The second kappa shape index (κ2) is 6.16. The number of amides is 1. The molecular weight excluding hydrogens is 312 g/mol. The molecular formula is C13H15BrN2O3. The first-order valence-corrected chi connectivity index (χ1v) is 6.88. The molecule has 0 radical (unpaired) electrons. The van der Waals surface area contributed by atoms with Gasteiger partial charge in [0.1, 0.15) is 6.04 Å². The lowest BCUT2D eigenvalue weighted by molar-refractivity contribution is -0.142. The molecule has 1 aromatic carbocycles. The van der Waals surface area contributed by atoms with E-state index >= 15 is 0 Å². The Kier molecular flexibility index (Phi) is 4.55. The molecule has 1 atom stereocenters. The summed E-state index contributed by atoms with van der Waals surface area (Å²) in [6, 6.07) is 6.73. The average molecular weight is 327 g/mol. The van der Waals surface area contributed by atoms with Crippen molar-refractivity contribution in [3.8, 4) is 0 Å². The van der Waals surface area contributed by atoms with Gasteiger partial charge < -0.3 is 10.4 Å². The molecule has 1 unspecified atom stereocenters. The van der Waals surface area contributed by atoms with Crippen LogP contribution in [-0.4, -0.2) is 41.0 Å². The monoisotopic (exact) mass is 326 g/mol. The van der Waals surface area contributed by atoms with Gasteiger partial charge >= 0.3 is 5.97 Å². The summed E-state index contributed by atoms with van der Waals surface area (Å²) in [5, 5.41) is 11.8. The second-order valence-electron chi connectivity index (χ2n) is 4.52. The van der Waals surface area contributed by atoms with Gasteiger partial charge in [0.15, 0.2) is 0 Å². The smallest absolute Gasteiger partial charge is 0.320 e. The lowest BCUT2D eigenvalue weighted by Gasteiger charge is -2.20. The third-order valence-electron chi connectivity index (χ3n) is 3.12. The fourth-order valence-electron chi connectivity index (χ4n) is 2.21. The van der Waals surface area contributed by atoms with Crippen molar-refractivity contribution in [3.63, 3.8) is 0 Å². The van der Waals surface area contributed by atoms with Crippen molar-refractivity contribution in [1.82, 2.24) is 4.90 Å². The van der Waals surface area contributed by atoms with E-state index in [1.807, 2.05) is 12.1 Å². The van der Waals surface area contributed by atoms with Crippen molar-refractivity contribution in [2.45, 2.75) is 18.9 Å². The molecule has 0 aromatic heterocycles. The highest BCUT2D eigenvalue weighted by atomic mass is 79.9. The number of benzene rings is 1. The molecule has 6 heteroatoms. The van der Waals surface area contributed by atoms with Crippen LogP contribution in [-0.2, 0) is 9.59 Å². The zero-order chi connectivity index (χ0) is 13.8. The number of halogens is 1. The average Bonchev–Trinajstić information content (AvgIpc) is 2.80. The first-order chi connectivity index (χ1) is 9.06. The Morgan fingerprint density at radius 2 is 2.05 bits per heavy atom. The van der Waals surface area contributed by atoms with Crippen LogP contribution in [0.2, 0.25) is 0 Å². The molecule has 102 valence electrons. The Bertz CT molecular complexity index is 475. The van der Waals surface area contributed by atoms with E-state index in [0.717, 1.165) is 10.9 Å². The Morgan fingerprint density at radius 1 is 1.37 bits per heavy atom. The van der Waals surface area contributed by atoms with E-state index < -0.39 is 12.0 Å². The number of nitrogens with zero attached hydrogens (tertiary/aromatic N) is 1. The molecule has 1 saturated heterocycles. The van der Waals surface area contributed by atoms with Gasteiger partial charge in [0.25, 0.3) is 0 Å². The SMILES string of the molecule is O=C(CN1CCCC1C(=O)O)Nc1ccc(Br)cc1. The highest BCUT2D eigenvalue weighted by molar-refractivity contribution is 9.10. The maximum Gasteiger partial charge on any atom is 0.320 e.